The molecule has 0 saturated carbocycles. The van der Waals surface area contributed by atoms with E-state index in [0.717, 1.165) is 44.8 Å². The van der Waals surface area contributed by atoms with Crippen LogP contribution in [0.2, 0.25) is 0 Å². The van der Waals surface area contributed by atoms with Gasteiger partial charge >= 0.3 is 6.09 Å². The van der Waals surface area contributed by atoms with Gasteiger partial charge in [-0.1, -0.05) is 6.07 Å². The number of hydrogen-bond donors (Lipinski definition) is 0. The normalized spacial score (nSPS) is 16.6. The summed E-state index contributed by atoms with van der Waals surface area (Å²) in [6.07, 6.45) is 2.64. The summed E-state index contributed by atoms with van der Waals surface area (Å²) in [5.74, 6) is 0. The summed E-state index contributed by atoms with van der Waals surface area (Å²) in [4.78, 5) is 20.5. The van der Waals surface area contributed by atoms with Gasteiger partial charge < -0.3 is 9.64 Å². The third-order valence-corrected chi connectivity index (χ3v) is 3.84. The van der Waals surface area contributed by atoms with E-state index in [4.69, 9.17) is 4.74 Å². The molecule has 0 atom stereocenters. The minimum absolute atomic E-state index is 0.199. The van der Waals surface area contributed by atoms with Crippen LogP contribution in [0, 0.1) is 6.92 Å². The third kappa shape index (κ3) is 4.98. The molecule has 0 N–H and O–H groups in total. The van der Waals surface area contributed by atoms with E-state index >= 15 is 0 Å². The van der Waals surface area contributed by atoms with Gasteiger partial charge in [0.2, 0.25) is 0 Å². The predicted octanol–water partition coefficient (Wildman–Crippen LogP) is 2.49. The highest BCUT2D eigenvalue weighted by atomic mass is 16.6. The Bertz CT molecular complexity index is 503. The van der Waals surface area contributed by atoms with Crippen molar-refractivity contribution in [1.29, 1.82) is 0 Å². The SMILES string of the molecule is Cc1ncccc1CCN1CCN(C(=O)OC(C)(C)C)CC1. The molecule has 0 aromatic carbocycles. The number of piperazine rings is 1. The molecule has 0 spiro atoms. The van der Waals surface area contributed by atoms with Crippen molar-refractivity contribution >= 4 is 6.09 Å². The van der Waals surface area contributed by atoms with Gasteiger partial charge in [0.25, 0.3) is 0 Å². The van der Waals surface area contributed by atoms with E-state index in [-0.39, 0.29) is 6.09 Å². The lowest BCUT2D eigenvalue weighted by atomic mass is 10.1. The standard InChI is InChI=1S/C17H27N3O2/c1-14-15(6-5-8-18-14)7-9-19-10-12-20(13-11-19)16(21)22-17(2,3)4/h5-6,8H,7,9-13H2,1-4H3. The fourth-order valence-electron chi connectivity index (χ4n) is 2.54. The maximum Gasteiger partial charge on any atom is 0.410 e. The average Bonchev–Trinajstić information content (AvgIpc) is 2.45. The van der Waals surface area contributed by atoms with Crippen LogP contribution in [0.5, 0.6) is 0 Å². The van der Waals surface area contributed by atoms with Gasteiger partial charge in [0.05, 0.1) is 0 Å². The summed E-state index contributed by atoms with van der Waals surface area (Å²) in [6.45, 7) is 12.0. The van der Waals surface area contributed by atoms with E-state index in [1.807, 2.05) is 33.0 Å². The Kier molecular flexibility index (Phi) is 5.40. The first-order chi connectivity index (χ1) is 10.3. The van der Waals surface area contributed by atoms with Crippen LogP contribution >= 0.6 is 0 Å². The largest absolute Gasteiger partial charge is 0.444 e. The number of rotatable bonds is 3. The molecule has 1 aromatic heterocycles. The summed E-state index contributed by atoms with van der Waals surface area (Å²) in [7, 11) is 0. The zero-order valence-electron chi connectivity index (χ0n) is 14.1. The van der Waals surface area contributed by atoms with Crippen molar-refractivity contribution in [3.63, 3.8) is 0 Å². The highest BCUT2D eigenvalue weighted by molar-refractivity contribution is 5.68. The number of carbonyl (C=O) groups is 1. The van der Waals surface area contributed by atoms with Gasteiger partial charge in [-0.15, -0.1) is 0 Å². The molecule has 1 fully saturated rings. The van der Waals surface area contributed by atoms with Crippen LogP contribution in [-0.4, -0.2) is 59.2 Å². The van der Waals surface area contributed by atoms with Crippen molar-refractivity contribution in [3.05, 3.63) is 29.6 Å². The Balaban J connectivity index is 1.76. The number of carbonyl (C=O) groups excluding carboxylic acids is 1. The van der Waals surface area contributed by atoms with Crippen LogP contribution in [0.3, 0.4) is 0 Å². The lowest BCUT2D eigenvalue weighted by Gasteiger charge is -2.35. The number of aryl methyl sites for hydroxylation is 1. The van der Waals surface area contributed by atoms with Gasteiger partial charge in [-0.2, -0.15) is 0 Å². The maximum absolute atomic E-state index is 12.0. The van der Waals surface area contributed by atoms with Crippen molar-refractivity contribution < 1.29 is 9.53 Å². The van der Waals surface area contributed by atoms with Crippen molar-refractivity contribution in [2.24, 2.45) is 0 Å². The molecule has 2 rings (SSSR count). The van der Waals surface area contributed by atoms with E-state index in [1.54, 1.807) is 4.90 Å². The lowest BCUT2D eigenvalue weighted by Crippen LogP contribution is -2.50. The number of ether oxygens (including phenoxy) is 1. The van der Waals surface area contributed by atoms with Gasteiger partial charge in [-0.3, -0.25) is 9.88 Å². The Morgan fingerprint density at radius 3 is 2.55 bits per heavy atom. The summed E-state index contributed by atoms with van der Waals surface area (Å²) in [6, 6.07) is 4.13. The number of hydrogen-bond acceptors (Lipinski definition) is 4. The van der Waals surface area contributed by atoms with Crippen molar-refractivity contribution in [1.82, 2.24) is 14.8 Å². The van der Waals surface area contributed by atoms with Crippen molar-refractivity contribution in [3.8, 4) is 0 Å². The van der Waals surface area contributed by atoms with Crippen LogP contribution in [0.1, 0.15) is 32.0 Å². The summed E-state index contributed by atoms with van der Waals surface area (Å²) in [5, 5.41) is 0. The second-order valence-electron chi connectivity index (χ2n) is 6.81. The zero-order valence-corrected chi connectivity index (χ0v) is 14.1. The molecule has 0 unspecified atom stereocenters. The Hall–Kier alpha value is -1.62. The minimum Gasteiger partial charge on any atom is -0.444 e. The molecule has 122 valence electrons. The second-order valence-corrected chi connectivity index (χ2v) is 6.81. The summed E-state index contributed by atoms with van der Waals surface area (Å²) >= 11 is 0. The van der Waals surface area contributed by atoms with Gasteiger partial charge in [0.1, 0.15) is 5.60 Å². The first-order valence-electron chi connectivity index (χ1n) is 7.96. The van der Waals surface area contributed by atoms with Gasteiger partial charge in [-0.25, -0.2) is 4.79 Å². The zero-order chi connectivity index (χ0) is 16.2. The van der Waals surface area contributed by atoms with E-state index in [2.05, 4.69) is 22.9 Å². The lowest BCUT2D eigenvalue weighted by molar-refractivity contribution is 0.0146. The molecule has 22 heavy (non-hydrogen) atoms. The van der Waals surface area contributed by atoms with Gasteiger partial charge in [-0.05, 0) is 45.7 Å². The molecule has 0 bridgehead atoms. The molecule has 1 aromatic rings. The minimum atomic E-state index is -0.425. The molecule has 1 aliphatic rings. The number of aromatic nitrogens is 1. The Labute approximate surface area is 133 Å². The maximum atomic E-state index is 12.0. The fraction of sp³-hybridized carbons (Fsp3) is 0.647. The van der Waals surface area contributed by atoms with Crippen LogP contribution in [0.4, 0.5) is 4.79 Å². The first kappa shape index (κ1) is 16.7. The fourth-order valence-corrected chi connectivity index (χ4v) is 2.54. The number of pyridine rings is 1. The smallest absolute Gasteiger partial charge is 0.410 e. The van der Waals surface area contributed by atoms with Crippen LogP contribution in [0.15, 0.2) is 18.3 Å². The third-order valence-electron chi connectivity index (χ3n) is 3.84. The van der Waals surface area contributed by atoms with E-state index < -0.39 is 5.60 Å². The van der Waals surface area contributed by atoms with Gasteiger partial charge in [0, 0.05) is 44.6 Å². The molecule has 5 heteroatoms. The van der Waals surface area contributed by atoms with E-state index in [0.29, 0.717) is 0 Å². The van der Waals surface area contributed by atoms with E-state index in [9.17, 15) is 4.79 Å². The first-order valence-corrected chi connectivity index (χ1v) is 7.96. The van der Waals surface area contributed by atoms with Crippen LogP contribution in [-0.2, 0) is 11.2 Å². The quantitative estimate of drug-likeness (QED) is 0.860. The topological polar surface area (TPSA) is 45.7 Å². The summed E-state index contributed by atoms with van der Waals surface area (Å²) in [5.41, 5.74) is 1.98. The molecule has 0 aliphatic carbocycles. The Morgan fingerprint density at radius 2 is 1.95 bits per heavy atom. The highest BCUT2D eigenvalue weighted by Gasteiger charge is 2.25. The number of amides is 1. The van der Waals surface area contributed by atoms with Crippen molar-refractivity contribution in [2.75, 3.05) is 32.7 Å². The highest BCUT2D eigenvalue weighted by Crippen LogP contribution is 2.12. The number of nitrogens with zero attached hydrogens (tertiary/aromatic N) is 3. The molecule has 0 radical (unpaired) electrons. The van der Waals surface area contributed by atoms with E-state index in [1.165, 1.54) is 5.56 Å². The molecule has 2 heterocycles. The Morgan fingerprint density at radius 1 is 1.27 bits per heavy atom. The average molecular weight is 305 g/mol. The monoisotopic (exact) mass is 305 g/mol. The molecule has 5 nitrogen and oxygen atoms in total. The second kappa shape index (κ2) is 7.09. The predicted molar refractivity (Wildman–Crippen MR) is 86.9 cm³/mol. The molecule has 1 amide bonds. The molecule has 1 aliphatic heterocycles. The summed E-state index contributed by atoms with van der Waals surface area (Å²) < 4.78 is 5.42. The molecular formula is C17H27N3O2. The van der Waals surface area contributed by atoms with Crippen LogP contribution in [0.25, 0.3) is 0 Å². The molecular weight excluding hydrogens is 278 g/mol. The van der Waals surface area contributed by atoms with Crippen LogP contribution < -0.4 is 0 Å². The van der Waals surface area contributed by atoms with Crippen molar-refractivity contribution in [2.45, 2.75) is 39.7 Å². The molecule has 1 saturated heterocycles. The van der Waals surface area contributed by atoms with Gasteiger partial charge in [0.15, 0.2) is 0 Å².